The van der Waals surface area contributed by atoms with E-state index in [0.717, 1.165) is 44.0 Å². The smallest absolute Gasteiger partial charge is 0.351 e. The molecule has 0 aromatic carbocycles. The normalized spacial score (nSPS) is 19.9. The summed E-state index contributed by atoms with van der Waals surface area (Å²) < 4.78 is 0. The molecule has 1 N–H and O–H groups in total. The fourth-order valence-corrected chi connectivity index (χ4v) is 2.30. The molecule has 1 aromatic rings. The predicted molar refractivity (Wildman–Crippen MR) is 67.1 cm³/mol. The summed E-state index contributed by atoms with van der Waals surface area (Å²) in [5.74, 6) is 0. The van der Waals surface area contributed by atoms with E-state index in [1.807, 2.05) is 0 Å². The summed E-state index contributed by atoms with van der Waals surface area (Å²) in [5, 5.41) is 4.93. The van der Waals surface area contributed by atoms with Crippen molar-refractivity contribution in [3.05, 3.63) is 23.8 Å². The molecule has 0 unspecified atom stereocenters. The molecule has 2 aliphatic rings. The van der Waals surface area contributed by atoms with Gasteiger partial charge in [0.15, 0.2) is 0 Å². The van der Waals surface area contributed by atoms with Crippen molar-refractivity contribution < 1.29 is 9.63 Å². The first kappa shape index (κ1) is 12.3. The summed E-state index contributed by atoms with van der Waals surface area (Å²) in [6.07, 6.45) is 3.79. The molecule has 102 valence electrons. The van der Waals surface area contributed by atoms with Crippen molar-refractivity contribution in [1.82, 2.24) is 25.2 Å². The van der Waals surface area contributed by atoms with Crippen LogP contribution in [0.5, 0.6) is 0 Å². The van der Waals surface area contributed by atoms with Gasteiger partial charge in [-0.05, 0) is 0 Å². The Morgan fingerprint density at radius 1 is 1.16 bits per heavy atom. The third-order valence-corrected chi connectivity index (χ3v) is 3.36. The van der Waals surface area contributed by atoms with Crippen LogP contribution in [0, 0.1) is 0 Å². The van der Waals surface area contributed by atoms with Gasteiger partial charge < -0.3 is 15.1 Å². The van der Waals surface area contributed by atoms with Crippen molar-refractivity contribution in [2.24, 2.45) is 0 Å². The molecular formula is C12H17N5O2. The monoisotopic (exact) mass is 263 g/mol. The van der Waals surface area contributed by atoms with Crippen LogP contribution < -0.4 is 5.32 Å². The van der Waals surface area contributed by atoms with Crippen LogP contribution in [0.3, 0.4) is 0 Å². The first-order chi connectivity index (χ1) is 9.33. The lowest BCUT2D eigenvalue weighted by Gasteiger charge is -2.31. The van der Waals surface area contributed by atoms with Gasteiger partial charge in [-0.1, -0.05) is 0 Å². The lowest BCUT2D eigenvalue weighted by Crippen LogP contribution is -2.47. The SMILES string of the molecule is O=C(ON1CCNCC1)N1CCc2nccnc2C1. The predicted octanol–water partition coefficient (Wildman–Crippen LogP) is -0.208. The zero-order chi connectivity index (χ0) is 13.1. The molecule has 1 amide bonds. The van der Waals surface area contributed by atoms with Crippen molar-refractivity contribution in [1.29, 1.82) is 0 Å². The van der Waals surface area contributed by atoms with Crippen LogP contribution in [0.25, 0.3) is 0 Å². The van der Waals surface area contributed by atoms with Gasteiger partial charge >= 0.3 is 6.09 Å². The van der Waals surface area contributed by atoms with Crippen molar-refractivity contribution in [2.45, 2.75) is 13.0 Å². The van der Waals surface area contributed by atoms with E-state index in [1.165, 1.54) is 0 Å². The first-order valence-corrected chi connectivity index (χ1v) is 6.54. The van der Waals surface area contributed by atoms with Gasteiger partial charge in [0.2, 0.25) is 0 Å². The molecular weight excluding hydrogens is 246 g/mol. The van der Waals surface area contributed by atoms with E-state index < -0.39 is 0 Å². The number of aromatic nitrogens is 2. The Morgan fingerprint density at radius 3 is 2.68 bits per heavy atom. The second-order valence-electron chi connectivity index (χ2n) is 4.66. The molecule has 19 heavy (non-hydrogen) atoms. The topological polar surface area (TPSA) is 70.6 Å². The molecule has 7 nitrogen and oxygen atoms in total. The molecule has 2 aliphatic heterocycles. The fraction of sp³-hybridized carbons (Fsp3) is 0.583. The van der Waals surface area contributed by atoms with Crippen LogP contribution in [0.1, 0.15) is 11.4 Å². The molecule has 1 saturated heterocycles. The highest BCUT2D eigenvalue weighted by Gasteiger charge is 2.25. The Labute approximate surface area is 111 Å². The summed E-state index contributed by atoms with van der Waals surface area (Å²) in [6, 6.07) is 0. The van der Waals surface area contributed by atoms with Crippen LogP contribution in [-0.2, 0) is 17.8 Å². The van der Waals surface area contributed by atoms with Gasteiger partial charge in [-0.15, -0.1) is 5.06 Å². The summed E-state index contributed by atoms with van der Waals surface area (Å²) in [6.45, 7) is 4.28. The van der Waals surface area contributed by atoms with Crippen LogP contribution in [0.4, 0.5) is 4.79 Å². The number of hydrogen-bond donors (Lipinski definition) is 1. The summed E-state index contributed by atoms with van der Waals surface area (Å²) >= 11 is 0. The second-order valence-corrected chi connectivity index (χ2v) is 4.66. The Hall–Kier alpha value is -1.73. The fourth-order valence-electron chi connectivity index (χ4n) is 2.30. The van der Waals surface area contributed by atoms with Gasteiger partial charge in [0.25, 0.3) is 0 Å². The molecule has 0 spiro atoms. The van der Waals surface area contributed by atoms with E-state index in [-0.39, 0.29) is 6.09 Å². The zero-order valence-electron chi connectivity index (χ0n) is 10.7. The van der Waals surface area contributed by atoms with E-state index in [1.54, 1.807) is 22.4 Å². The standard InChI is InChI=1S/C12H17N5O2/c18-12(19-17-7-4-13-5-8-17)16-6-1-10-11(9-16)15-3-2-14-10/h2-3,13H,1,4-9H2. The Balaban J connectivity index is 1.59. The van der Waals surface area contributed by atoms with Crippen molar-refractivity contribution in [3.8, 4) is 0 Å². The number of rotatable bonds is 1. The largest absolute Gasteiger partial charge is 0.429 e. The number of carbonyl (C=O) groups excluding carboxylic acids is 1. The zero-order valence-corrected chi connectivity index (χ0v) is 10.7. The highest BCUT2D eigenvalue weighted by molar-refractivity contribution is 5.67. The minimum Gasteiger partial charge on any atom is -0.351 e. The molecule has 3 rings (SSSR count). The average Bonchev–Trinajstić information content (AvgIpc) is 2.48. The number of nitrogens with one attached hydrogen (secondary N) is 1. The number of amides is 1. The molecule has 1 fully saturated rings. The van der Waals surface area contributed by atoms with Crippen molar-refractivity contribution in [3.63, 3.8) is 0 Å². The van der Waals surface area contributed by atoms with Crippen molar-refractivity contribution >= 4 is 6.09 Å². The van der Waals surface area contributed by atoms with Gasteiger partial charge in [-0.3, -0.25) is 9.97 Å². The Bertz CT molecular complexity index is 461. The lowest BCUT2D eigenvalue weighted by atomic mass is 10.1. The Morgan fingerprint density at radius 2 is 1.89 bits per heavy atom. The number of hydrogen-bond acceptors (Lipinski definition) is 6. The number of hydroxylamine groups is 2. The second kappa shape index (κ2) is 5.50. The Kier molecular flexibility index (Phi) is 3.56. The number of nitrogens with zero attached hydrogens (tertiary/aromatic N) is 4. The molecule has 0 saturated carbocycles. The van der Waals surface area contributed by atoms with Gasteiger partial charge in [-0.25, -0.2) is 4.79 Å². The van der Waals surface area contributed by atoms with Crippen LogP contribution in [0.15, 0.2) is 12.4 Å². The molecule has 1 aromatic heterocycles. The van der Waals surface area contributed by atoms with Gasteiger partial charge in [0.1, 0.15) is 0 Å². The molecule has 0 aliphatic carbocycles. The lowest BCUT2D eigenvalue weighted by molar-refractivity contribution is -0.119. The van der Waals surface area contributed by atoms with E-state index in [4.69, 9.17) is 4.84 Å². The maximum atomic E-state index is 12.1. The highest BCUT2D eigenvalue weighted by atomic mass is 16.7. The highest BCUT2D eigenvalue weighted by Crippen LogP contribution is 2.15. The van der Waals surface area contributed by atoms with E-state index in [2.05, 4.69) is 15.3 Å². The van der Waals surface area contributed by atoms with E-state index in [9.17, 15) is 4.79 Å². The van der Waals surface area contributed by atoms with Crippen molar-refractivity contribution in [2.75, 3.05) is 32.7 Å². The van der Waals surface area contributed by atoms with Gasteiger partial charge in [0.05, 0.1) is 17.9 Å². The summed E-state index contributed by atoms with van der Waals surface area (Å²) in [4.78, 5) is 27.7. The number of carbonyl (C=O) groups is 1. The summed E-state index contributed by atoms with van der Waals surface area (Å²) in [7, 11) is 0. The van der Waals surface area contributed by atoms with Gasteiger partial charge in [-0.2, -0.15) is 0 Å². The maximum Gasteiger partial charge on any atom is 0.429 e. The molecule has 0 radical (unpaired) electrons. The first-order valence-electron chi connectivity index (χ1n) is 6.54. The van der Waals surface area contributed by atoms with E-state index >= 15 is 0 Å². The third-order valence-electron chi connectivity index (χ3n) is 3.36. The van der Waals surface area contributed by atoms with Crippen LogP contribution >= 0.6 is 0 Å². The minimum atomic E-state index is -0.293. The molecule has 0 bridgehead atoms. The molecule has 7 heteroatoms. The quantitative estimate of drug-likeness (QED) is 0.756. The number of piperazine rings is 1. The van der Waals surface area contributed by atoms with Crippen LogP contribution in [-0.4, -0.2) is 58.7 Å². The average molecular weight is 263 g/mol. The minimum absolute atomic E-state index is 0.293. The summed E-state index contributed by atoms with van der Waals surface area (Å²) in [5.41, 5.74) is 1.85. The molecule has 3 heterocycles. The maximum absolute atomic E-state index is 12.1. The number of fused-ring (bicyclic) bond motifs is 1. The van der Waals surface area contributed by atoms with Crippen LogP contribution in [0.2, 0.25) is 0 Å². The third kappa shape index (κ3) is 2.82. The molecule has 0 atom stereocenters. The van der Waals surface area contributed by atoms with Gasteiger partial charge in [0, 0.05) is 51.5 Å². The van der Waals surface area contributed by atoms with E-state index in [0.29, 0.717) is 13.1 Å².